The second kappa shape index (κ2) is 7.09. The van der Waals surface area contributed by atoms with Crippen LogP contribution in [0.2, 0.25) is 0 Å². The van der Waals surface area contributed by atoms with Crippen LogP contribution >= 0.6 is 0 Å². The zero-order valence-electron chi connectivity index (χ0n) is 13.0. The molecule has 0 saturated carbocycles. The molecule has 6 nitrogen and oxygen atoms in total. The molecule has 3 N–H and O–H groups in total. The SMILES string of the molecule is Cc1noc(C)c1C(C)NC(=O)N[C@H](CO)c1ccccc1. The van der Waals surface area contributed by atoms with E-state index in [-0.39, 0.29) is 18.7 Å². The van der Waals surface area contributed by atoms with E-state index in [0.717, 1.165) is 16.8 Å². The average Bonchev–Trinajstić information content (AvgIpc) is 2.84. The number of amides is 2. The van der Waals surface area contributed by atoms with Crippen LogP contribution in [0.1, 0.15) is 41.6 Å². The van der Waals surface area contributed by atoms with Crippen LogP contribution in [-0.2, 0) is 0 Å². The van der Waals surface area contributed by atoms with E-state index in [0.29, 0.717) is 5.76 Å². The van der Waals surface area contributed by atoms with Crippen molar-refractivity contribution in [2.75, 3.05) is 6.61 Å². The Kier molecular flexibility index (Phi) is 5.16. The summed E-state index contributed by atoms with van der Waals surface area (Å²) in [7, 11) is 0. The minimum atomic E-state index is -0.446. The van der Waals surface area contributed by atoms with Gasteiger partial charge in [-0.15, -0.1) is 0 Å². The monoisotopic (exact) mass is 303 g/mol. The van der Waals surface area contributed by atoms with Crippen LogP contribution in [0, 0.1) is 13.8 Å². The molecule has 2 rings (SSSR count). The average molecular weight is 303 g/mol. The Labute approximate surface area is 129 Å². The van der Waals surface area contributed by atoms with Crippen molar-refractivity contribution in [3.05, 3.63) is 52.9 Å². The molecule has 0 spiro atoms. The number of rotatable bonds is 5. The van der Waals surface area contributed by atoms with Crippen molar-refractivity contribution in [2.45, 2.75) is 32.9 Å². The lowest BCUT2D eigenvalue weighted by atomic mass is 10.1. The highest BCUT2D eigenvalue weighted by molar-refractivity contribution is 5.75. The smallest absolute Gasteiger partial charge is 0.315 e. The Morgan fingerprint density at radius 1 is 1.27 bits per heavy atom. The van der Waals surface area contributed by atoms with Gasteiger partial charge < -0.3 is 20.3 Å². The molecule has 1 aromatic carbocycles. The van der Waals surface area contributed by atoms with E-state index in [9.17, 15) is 9.90 Å². The van der Waals surface area contributed by atoms with Gasteiger partial charge in [0.1, 0.15) is 5.76 Å². The van der Waals surface area contributed by atoms with Crippen molar-refractivity contribution in [1.82, 2.24) is 15.8 Å². The van der Waals surface area contributed by atoms with Gasteiger partial charge in [0.2, 0.25) is 0 Å². The topological polar surface area (TPSA) is 87.4 Å². The highest BCUT2D eigenvalue weighted by atomic mass is 16.5. The van der Waals surface area contributed by atoms with Gasteiger partial charge in [0.05, 0.1) is 24.4 Å². The Bertz CT molecular complexity index is 605. The molecular weight excluding hydrogens is 282 g/mol. The highest BCUT2D eigenvalue weighted by Gasteiger charge is 2.20. The summed E-state index contributed by atoms with van der Waals surface area (Å²) in [5, 5.41) is 19.0. The number of benzene rings is 1. The third-order valence-corrected chi connectivity index (χ3v) is 3.56. The first kappa shape index (κ1) is 16.0. The molecule has 1 aromatic heterocycles. The maximum Gasteiger partial charge on any atom is 0.315 e. The zero-order chi connectivity index (χ0) is 16.1. The van der Waals surface area contributed by atoms with Crippen molar-refractivity contribution in [3.63, 3.8) is 0 Å². The molecule has 2 atom stereocenters. The quantitative estimate of drug-likeness (QED) is 0.791. The van der Waals surface area contributed by atoms with Crippen LogP contribution < -0.4 is 10.6 Å². The molecule has 0 aliphatic heterocycles. The number of carbonyl (C=O) groups excluding carboxylic acids is 1. The van der Waals surface area contributed by atoms with Gasteiger partial charge >= 0.3 is 6.03 Å². The standard InChI is InChI=1S/C16H21N3O3/c1-10(15-11(2)19-22-12(15)3)17-16(21)18-14(9-20)13-7-5-4-6-8-13/h4-8,10,14,20H,9H2,1-3H3,(H2,17,18,21)/t10?,14-/m1/s1. The van der Waals surface area contributed by atoms with Crippen LogP contribution in [0.3, 0.4) is 0 Å². The second-order valence-corrected chi connectivity index (χ2v) is 5.22. The van der Waals surface area contributed by atoms with Gasteiger partial charge in [-0.1, -0.05) is 35.5 Å². The molecule has 0 radical (unpaired) electrons. The first-order valence-electron chi connectivity index (χ1n) is 7.18. The lowest BCUT2D eigenvalue weighted by Crippen LogP contribution is -2.40. The summed E-state index contributed by atoms with van der Waals surface area (Å²) >= 11 is 0. The molecule has 1 unspecified atom stereocenters. The fourth-order valence-electron chi connectivity index (χ4n) is 2.50. The molecule has 118 valence electrons. The van der Waals surface area contributed by atoms with Crippen LogP contribution in [0.5, 0.6) is 0 Å². The van der Waals surface area contributed by atoms with Crippen LogP contribution in [0.4, 0.5) is 4.79 Å². The predicted octanol–water partition coefficient (Wildman–Crippen LogP) is 2.39. The van der Waals surface area contributed by atoms with E-state index >= 15 is 0 Å². The largest absolute Gasteiger partial charge is 0.394 e. The number of hydrogen-bond acceptors (Lipinski definition) is 4. The number of nitrogens with zero attached hydrogens (tertiary/aromatic N) is 1. The first-order chi connectivity index (χ1) is 10.5. The Hall–Kier alpha value is -2.34. The van der Waals surface area contributed by atoms with E-state index in [1.165, 1.54) is 0 Å². The molecule has 0 bridgehead atoms. The van der Waals surface area contributed by atoms with E-state index in [1.54, 1.807) is 0 Å². The number of aromatic nitrogens is 1. The van der Waals surface area contributed by atoms with Crippen molar-refractivity contribution in [3.8, 4) is 0 Å². The normalized spacial score (nSPS) is 13.5. The van der Waals surface area contributed by atoms with Crippen molar-refractivity contribution >= 4 is 6.03 Å². The summed E-state index contributed by atoms with van der Waals surface area (Å²) < 4.78 is 5.11. The third-order valence-electron chi connectivity index (χ3n) is 3.56. The molecule has 6 heteroatoms. The maximum absolute atomic E-state index is 12.1. The van der Waals surface area contributed by atoms with E-state index in [1.807, 2.05) is 51.1 Å². The van der Waals surface area contributed by atoms with Crippen molar-refractivity contribution in [1.29, 1.82) is 0 Å². The number of urea groups is 1. The molecule has 0 saturated heterocycles. The number of aliphatic hydroxyl groups excluding tert-OH is 1. The fraction of sp³-hybridized carbons (Fsp3) is 0.375. The van der Waals surface area contributed by atoms with Gasteiger partial charge in [-0.2, -0.15) is 0 Å². The Morgan fingerprint density at radius 3 is 2.50 bits per heavy atom. The van der Waals surface area contributed by atoms with Gasteiger partial charge in [-0.05, 0) is 26.3 Å². The lowest BCUT2D eigenvalue weighted by molar-refractivity contribution is 0.214. The lowest BCUT2D eigenvalue weighted by Gasteiger charge is -2.20. The van der Waals surface area contributed by atoms with E-state index in [2.05, 4.69) is 15.8 Å². The number of nitrogens with one attached hydrogen (secondary N) is 2. The molecular formula is C16H21N3O3. The number of aliphatic hydroxyl groups is 1. The highest BCUT2D eigenvalue weighted by Crippen LogP contribution is 2.21. The van der Waals surface area contributed by atoms with Crippen LogP contribution in [0.25, 0.3) is 0 Å². The van der Waals surface area contributed by atoms with Gasteiger partial charge in [0.25, 0.3) is 0 Å². The summed E-state index contributed by atoms with van der Waals surface area (Å²) in [5.41, 5.74) is 2.48. The number of aryl methyl sites for hydroxylation is 2. The van der Waals surface area contributed by atoms with Gasteiger partial charge in [0, 0.05) is 5.56 Å². The minimum absolute atomic E-state index is 0.170. The Morgan fingerprint density at radius 2 is 1.95 bits per heavy atom. The minimum Gasteiger partial charge on any atom is -0.394 e. The molecule has 2 aromatic rings. The van der Waals surface area contributed by atoms with E-state index in [4.69, 9.17) is 4.52 Å². The van der Waals surface area contributed by atoms with Crippen LogP contribution in [-0.4, -0.2) is 22.9 Å². The molecule has 22 heavy (non-hydrogen) atoms. The Balaban J connectivity index is 2.00. The van der Waals surface area contributed by atoms with Crippen LogP contribution in [0.15, 0.2) is 34.9 Å². The summed E-state index contributed by atoms with van der Waals surface area (Å²) in [6, 6.07) is 8.30. The summed E-state index contributed by atoms with van der Waals surface area (Å²) in [5.74, 6) is 0.687. The summed E-state index contributed by atoms with van der Waals surface area (Å²) in [6.07, 6.45) is 0. The maximum atomic E-state index is 12.1. The number of carbonyl (C=O) groups is 1. The van der Waals surface area contributed by atoms with Gasteiger partial charge in [-0.25, -0.2) is 4.79 Å². The predicted molar refractivity (Wildman–Crippen MR) is 82.3 cm³/mol. The molecule has 0 aliphatic rings. The molecule has 2 amide bonds. The molecule has 1 heterocycles. The van der Waals surface area contributed by atoms with Gasteiger partial charge in [-0.3, -0.25) is 0 Å². The third kappa shape index (κ3) is 3.65. The van der Waals surface area contributed by atoms with E-state index < -0.39 is 6.04 Å². The van der Waals surface area contributed by atoms with Gasteiger partial charge in [0.15, 0.2) is 0 Å². The zero-order valence-corrected chi connectivity index (χ0v) is 13.0. The number of hydrogen-bond donors (Lipinski definition) is 3. The fourth-order valence-corrected chi connectivity index (χ4v) is 2.50. The van der Waals surface area contributed by atoms with Crippen molar-refractivity contribution < 1.29 is 14.4 Å². The molecule has 0 fully saturated rings. The second-order valence-electron chi connectivity index (χ2n) is 5.22. The molecule has 0 aliphatic carbocycles. The summed E-state index contributed by atoms with van der Waals surface area (Å²) in [4.78, 5) is 12.1. The first-order valence-corrected chi connectivity index (χ1v) is 7.18. The van der Waals surface area contributed by atoms with Crippen molar-refractivity contribution in [2.24, 2.45) is 0 Å². The summed E-state index contributed by atoms with van der Waals surface area (Å²) in [6.45, 7) is 5.34.